The Morgan fingerprint density at radius 1 is 1.24 bits per heavy atom. The monoisotopic (exact) mass is 355 g/mol. The van der Waals surface area contributed by atoms with Crippen LogP contribution < -0.4 is 10.8 Å². The van der Waals surface area contributed by atoms with E-state index in [1.807, 2.05) is 37.5 Å². The number of nitrogens with one attached hydrogen (secondary N) is 2. The number of thiocarbonyl (C=S) groups is 1. The van der Waals surface area contributed by atoms with Gasteiger partial charge in [-0.3, -0.25) is 9.82 Å². The van der Waals surface area contributed by atoms with Crippen LogP contribution in [0.25, 0.3) is 0 Å². The van der Waals surface area contributed by atoms with Gasteiger partial charge in [-0.05, 0) is 30.0 Å². The van der Waals surface area contributed by atoms with E-state index in [1.165, 1.54) is 6.42 Å². The van der Waals surface area contributed by atoms with Gasteiger partial charge in [-0.1, -0.05) is 61.5 Å². The molecule has 0 spiro atoms. The van der Waals surface area contributed by atoms with Crippen LogP contribution in [0.3, 0.4) is 0 Å². The Morgan fingerprint density at radius 2 is 2.08 bits per heavy atom. The minimum absolute atomic E-state index is 0.120. The first kappa shape index (κ1) is 18.0. The second kappa shape index (κ2) is 8.52. The largest absolute Gasteiger partial charge is 0.382 e. The van der Waals surface area contributed by atoms with Gasteiger partial charge < -0.3 is 5.32 Å². The molecular weight excluding hydrogens is 330 g/mol. The van der Waals surface area contributed by atoms with E-state index in [0.29, 0.717) is 6.61 Å². The van der Waals surface area contributed by atoms with Gasteiger partial charge in [-0.2, -0.15) is 5.48 Å². The first-order valence-electron chi connectivity index (χ1n) is 8.81. The van der Waals surface area contributed by atoms with Crippen molar-refractivity contribution in [3.05, 3.63) is 66.0 Å². The molecule has 2 aromatic rings. The van der Waals surface area contributed by atoms with Crippen LogP contribution >= 0.6 is 12.2 Å². The summed E-state index contributed by atoms with van der Waals surface area (Å²) in [7, 11) is 1.90. The number of benzene rings is 1. The third kappa shape index (κ3) is 3.89. The molecule has 4 nitrogen and oxygen atoms in total. The van der Waals surface area contributed by atoms with Gasteiger partial charge in [0.1, 0.15) is 0 Å². The van der Waals surface area contributed by atoms with Crippen molar-refractivity contribution in [2.24, 2.45) is 0 Å². The molecule has 1 aliphatic rings. The van der Waals surface area contributed by atoms with Gasteiger partial charge in [0.2, 0.25) is 0 Å². The Labute approximate surface area is 155 Å². The number of likely N-dealkylation sites (N-methyl/N-ethyl adjacent to an activating group) is 1. The highest BCUT2D eigenvalue weighted by molar-refractivity contribution is 7.80. The van der Waals surface area contributed by atoms with E-state index >= 15 is 0 Å². The molecule has 2 atom stereocenters. The lowest BCUT2D eigenvalue weighted by atomic mass is 9.66. The first-order valence-corrected chi connectivity index (χ1v) is 9.22. The summed E-state index contributed by atoms with van der Waals surface area (Å²) in [6.07, 6.45) is 8.06. The summed E-state index contributed by atoms with van der Waals surface area (Å²) in [5.41, 5.74) is 5.33. The maximum Gasteiger partial charge on any atom is 0.0933 e. The summed E-state index contributed by atoms with van der Waals surface area (Å²) in [5, 5.41) is 3.22. The van der Waals surface area contributed by atoms with E-state index in [2.05, 4.69) is 34.0 Å². The summed E-state index contributed by atoms with van der Waals surface area (Å²) in [4.78, 5) is 11.0. The zero-order valence-corrected chi connectivity index (χ0v) is 15.4. The van der Waals surface area contributed by atoms with Crippen LogP contribution in [0.1, 0.15) is 36.8 Å². The number of pyridine rings is 1. The van der Waals surface area contributed by atoms with Crippen LogP contribution in [0.5, 0.6) is 0 Å². The lowest BCUT2D eigenvalue weighted by Gasteiger charge is -2.44. The average Bonchev–Trinajstić information content (AvgIpc) is 2.69. The molecule has 0 unspecified atom stereocenters. The van der Waals surface area contributed by atoms with Crippen molar-refractivity contribution in [3.63, 3.8) is 0 Å². The molecular formula is C20H25N3OS. The molecule has 1 fully saturated rings. The van der Waals surface area contributed by atoms with Gasteiger partial charge >= 0.3 is 0 Å². The number of aromatic nitrogens is 1. The minimum Gasteiger partial charge on any atom is -0.382 e. The Kier molecular flexibility index (Phi) is 6.13. The highest BCUT2D eigenvalue weighted by Gasteiger charge is 2.46. The minimum atomic E-state index is -0.284. The molecule has 1 heterocycles. The zero-order valence-electron chi connectivity index (χ0n) is 14.6. The molecule has 1 saturated carbocycles. The topological polar surface area (TPSA) is 46.2 Å². The maximum atomic E-state index is 5.87. The van der Waals surface area contributed by atoms with Gasteiger partial charge in [-0.15, -0.1) is 0 Å². The quantitative estimate of drug-likeness (QED) is 0.613. The smallest absolute Gasteiger partial charge is 0.0933 e. The molecule has 1 aromatic heterocycles. The summed E-state index contributed by atoms with van der Waals surface area (Å²) in [6, 6.07) is 14.4. The SMILES string of the molecule is CNC(=S)[C@]1(c2cccnc2)CCCC[C@H]1NOCc1ccccc1. The van der Waals surface area contributed by atoms with Crippen LogP contribution in [-0.2, 0) is 16.9 Å². The number of hydroxylamine groups is 1. The second-order valence-corrected chi connectivity index (χ2v) is 6.89. The van der Waals surface area contributed by atoms with Gasteiger partial charge in [-0.25, -0.2) is 0 Å². The standard InChI is InChI=1S/C20H25N3OS/c1-21-19(25)20(17-10-7-13-22-14-17)12-6-5-11-18(20)23-24-15-16-8-3-2-4-9-16/h2-4,7-10,13-14,18,23H,5-6,11-12,15H2,1H3,(H,21,25)/t18-,20+/m1/s1. The number of rotatable bonds is 6. The van der Waals surface area contributed by atoms with Crippen LogP contribution in [-0.4, -0.2) is 23.1 Å². The van der Waals surface area contributed by atoms with Crippen LogP contribution in [0.4, 0.5) is 0 Å². The van der Waals surface area contributed by atoms with E-state index in [9.17, 15) is 0 Å². The summed E-state index contributed by atoms with van der Waals surface area (Å²) in [5.74, 6) is 0. The lowest BCUT2D eigenvalue weighted by molar-refractivity contribution is -0.0178. The van der Waals surface area contributed by atoms with E-state index in [0.717, 1.165) is 35.4 Å². The van der Waals surface area contributed by atoms with Gasteiger partial charge in [0, 0.05) is 25.5 Å². The molecule has 0 aliphatic heterocycles. The van der Waals surface area contributed by atoms with E-state index in [1.54, 1.807) is 6.20 Å². The molecule has 3 rings (SSSR count). The third-order valence-electron chi connectivity index (χ3n) is 5.02. The molecule has 1 aromatic carbocycles. The molecule has 0 radical (unpaired) electrons. The van der Waals surface area contributed by atoms with Crippen molar-refractivity contribution in [1.29, 1.82) is 0 Å². The predicted molar refractivity (Wildman–Crippen MR) is 104 cm³/mol. The lowest BCUT2D eigenvalue weighted by Crippen LogP contribution is -2.57. The molecule has 25 heavy (non-hydrogen) atoms. The fraction of sp³-hybridized carbons (Fsp3) is 0.400. The molecule has 0 saturated heterocycles. The number of hydrogen-bond donors (Lipinski definition) is 2. The number of nitrogens with zero attached hydrogens (tertiary/aromatic N) is 1. The Morgan fingerprint density at radius 3 is 2.80 bits per heavy atom. The normalized spacial score (nSPS) is 23.2. The Hall–Kier alpha value is -1.82. The number of hydrogen-bond acceptors (Lipinski definition) is 4. The fourth-order valence-corrected chi connectivity index (χ4v) is 4.09. The molecule has 1 aliphatic carbocycles. The van der Waals surface area contributed by atoms with Crippen LogP contribution in [0.2, 0.25) is 0 Å². The van der Waals surface area contributed by atoms with Gasteiger partial charge in [0.15, 0.2) is 0 Å². The summed E-state index contributed by atoms with van der Waals surface area (Å²) >= 11 is 5.76. The van der Waals surface area contributed by atoms with Crippen LogP contribution in [0, 0.1) is 0 Å². The average molecular weight is 356 g/mol. The highest BCUT2D eigenvalue weighted by atomic mass is 32.1. The van der Waals surface area contributed by atoms with Crippen molar-refractivity contribution < 1.29 is 4.84 Å². The first-order chi connectivity index (χ1) is 12.3. The molecule has 0 amide bonds. The maximum absolute atomic E-state index is 5.87. The zero-order chi connectivity index (χ0) is 17.5. The van der Waals surface area contributed by atoms with E-state index in [-0.39, 0.29) is 11.5 Å². The van der Waals surface area contributed by atoms with Crippen LogP contribution in [0.15, 0.2) is 54.9 Å². The molecule has 132 valence electrons. The molecule has 2 N–H and O–H groups in total. The predicted octanol–water partition coefficient (Wildman–Crippen LogP) is 3.53. The molecule has 5 heteroatoms. The fourth-order valence-electron chi connectivity index (χ4n) is 3.73. The second-order valence-electron chi connectivity index (χ2n) is 6.48. The third-order valence-corrected chi connectivity index (χ3v) is 5.59. The van der Waals surface area contributed by atoms with E-state index < -0.39 is 0 Å². The van der Waals surface area contributed by atoms with Gasteiger partial charge in [0.25, 0.3) is 0 Å². The van der Waals surface area contributed by atoms with E-state index in [4.69, 9.17) is 17.1 Å². The highest BCUT2D eigenvalue weighted by Crippen LogP contribution is 2.40. The molecule has 0 bridgehead atoms. The van der Waals surface area contributed by atoms with Crippen molar-refractivity contribution in [2.75, 3.05) is 7.05 Å². The Bertz CT molecular complexity index is 680. The van der Waals surface area contributed by atoms with Crippen molar-refractivity contribution in [2.45, 2.75) is 43.7 Å². The summed E-state index contributed by atoms with van der Waals surface area (Å²) in [6.45, 7) is 0.534. The van der Waals surface area contributed by atoms with Crippen molar-refractivity contribution in [3.8, 4) is 0 Å². The Balaban J connectivity index is 1.80. The summed E-state index contributed by atoms with van der Waals surface area (Å²) < 4.78 is 0. The van der Waals surface area contributed by atoms with Crippen molar-refractivity contribution in [1.82, 2.24) is 15.8 Å². The van der Waals surface area contributed by atoms with Crippen molar-refractivity contribution >= 4 is 17.2 Å². The van der Waals surface area contributed by atoms with Gasteiger partial charge in [0.05, 0.1) is 17.0 Å².